The van der Waals surface area contributed by atoms with Crippen molar-refractivity contribution in [1.82, 2.24) is 14.8 Å². The van der Waals surface area contributed by atoms with E-state index in [2.05, 4.69) is 38.1 Å². The zero-order valence-electron chi connectivity index (χ0n) is 9.49. The minimum atomic E-state index is 0.791. The maximum Gasteiger partial charge on any atom is 0.167 e. The first kappa shape index (κ1) is 11.2. The lowest BCUT2D eigenvalue weighted by molar-refractivity contribution is 0.842. The average Bonchev–Trinajstić information content (AvgIpc) is 2.90. The first-order chi connectivity index (χ1) is 8.84. The van der Waals surface area contributed by atoms with Crippen molar-refractivity contribution in [3.05, 3.63) is 65.5 Å². The van der Waals surface area contributed by atoms with Gasteiger partial charge in [0.25, 0.3) is 0 Å². The molecule has 2 heterocycles. The van der Waals surface area contributed by atoms with E-state index in [9.17, 15) is 0 Å². The molecule has 0 spiro atoms. The fraction of sp³-hybridized carbons (Fsp3) is 0. The maximum absolute atomic E-state index is 4.35. The normalized spacial score (nSPS) is 10.5. The van der Waals surface area contributed by atoms with E-state index >= 15 is 0 Å². The Morgan fingerprint density at radius 2 is 1.78 bits per heavy atom. The number of hydrogen-bond donors (Lipinski definition) is 0. The highest BCUT2D eigenvalue weighted by Gasteiger charge is 2.06. The van der Waals surface area contributed by atoms with E-state index in [1.54, 1.807) is 10.9 Å². The van der Waals surface area contributed by atoms with Crippen LogP contribution in [0.15, 0.2) is 65.5 Å². The first-order valence-electron chi connectivity index (χ1n) is 5.55. The summed E-state index contributed by atoms with van der Waals surface area (Å²) in [6.07, 6.45) is 5.57. The van der Waals surface area contributed by atoms with Gasteiger partial charge >= 0.3 is 0 Å². The van der Waals surface area contributed by atoms with Gasteiger partial charge in [-0.2, -0.15) is 5.10 Å². The summed E-state index contributed by atoms with van der Waals surface area (Å²) >= 11 is 3.48. The highest BCUT2D eigenvalue weighted by molar-refractivity contribution is 9.10. The van der Waals surface area contributed by atoms with Gasteiger partial charge in [-0.25, -0.2) is 9.67 Å². The Morgan fingerprint density at radius 3 is 2.56 bits per heavy atom. The summed E-state index contributed by atoms with van der Waals surface area (Å²) in [7, 11) is 0. The predicted molar refractivity (Wildman–Crippen MR) is 74.5 cm³/mol. The Hall–Kier alpha value is -1.94. The van der Waals surface area contributed by atoms with E-state index in [4.69, 9.17) is 0 Å². The van der Waals surface area contributed by atoms with Crippen LogP contribution in [-0.2, 0) is 0 Å². The van der Waals surface area contributed by atoms with Crippen molar-refractivity contribution >= 4 is 15.9 Å². The van der Waals surface area contributed by atoms with Crippen LogP contribution >= 0.6 is 15.9 Å². The molecule has 0 unspecified atom stereocenters. The molecule has 0 radical (unpaired) electrons. The van der Waals surface area contributed by atoms with Crippen LogP contribution in [0.25, 0.3) is 16.9 Å². The Labute approximate surface area is 113 Å². The lowest BCUT2D eigenvalue weighted by Crippen LogP contribution is -1.97. The van der Waals surface area contributed by atoms with Crippen molar-refractivity contribution < 1.29 is 0 Å². The van der Waals surface area contributed by atoms with Crippen molar-refractivity contribution in [2.45, 2.75) is 0 Å². The van der Waals surface area contributed by atoms with Gasteiger partial charge in [0, 0.05) is 18.0 Å². The monoisotopic (exact) mass is 299 g/mol. The third-order valence-electron chi connectivity index (χ3n) is 2.65. The molecule has 3 rings (SSSR count). The van der Waals surface area contributed by atoms with Crippen molar-refractivity contribution in [3.8, 4) is 16.9 Å². The molecule has 0 N–H and O–H groups in total. The van der Waals surface area contributed by atoms with Crippen molar-refractivity contribution in [2.24, 2.45) is 0 Å². The second kappa shape index (κ2) is 4.74. The topological polar surface area (TPSA) is 30.7 Å². The fourth-order valence-corrected chi connectivity index (χ4v) is 2.20. The molecule has 3 nitrogen and oxygen atoms in total. The molecule has 0 aliphatic rings. The molecule has 0 atom stereocenters. The fourth-order valence-electron chi connectivity index (χ4n) is 1.76. The van der Waals surface area contributed by atoms with Crippen LogP contribution in [0.3, 0.4) is 0 Å². The summed E-state index contributed by atoms with van der Waals surface area (Å²) < 4.78 is 2.69. The third kappa shape index (κ3) is 2.07. The molecule has 0 saturated carbocycles. The average molecular weight is 300 g/mol. The van der Waals surface area contributed by atoms with Crippen molar-refractivity contribution in [1.29, 1.82) is 0 Å². The largest absolute Gasteiger partial charge is 0.236 e. The molecule has 0 saturated heterocycles. The standard InChI is InChI=1S/C14H10BrN3/c15-13-7-4-8-16-14(13)18-10-12(9-17-18)11-5-2-1-3-6-11/h1-10H. The van der Waals surface area contributed by atoms with E-state index < -0.39 is 0 Å². The summed E-state index contributed by atoms with van der Waals surface area (Å²) in [4.78, 5) is 4.31. The minimum Gasteiger partial charge on any atom is -0.236 e. The number of pyridine rings is 1. The van der Waals surface area contributed by atoms with Crippen molar-refractivity contribution in [3.63, 3.8) is 0 Å². The van der Waals surface area contributed by atoms with Crippen LogP contribution < -0.4 is 0 Å². The molecule has 0 fully saturated rings. The molecular formula is C14H10BrN3. The summed E-state index contributed by atoms with van der Waals surface area (Å²) in [5, 5.41) is 4.35. The van der Waals surface area contributed by atoms with Crippen LogP contribution in [0.2, 0.25) is 0 Å². The van der Waals surface area contributed by atoms with E-state index in [0.29, 0.717) is 0 Å². The van der Waals surface area contributed by atoms with Crippen LogP contribution in [0.1, 0.15) is 0 Å². The molecule has 1 aromatic carbocycles. The van der Waals surface area contributed by atoms with E-state index in [-0.39, 0.29) is 0 Å². The maximum atomic E-state index is 4.35. The number of benzene rings is 1. The van der Waals surface area contributed by atoms with Gasteiger partial charge < -0.3 is 0 Å². The lowest BCUT2D eigenvalue weighted by atomic mass is 10.1. The summed E-state index contributed by atoms with van der Waals surface area (Å²) in [5.74, 6) is 0.791. The molecule has 88 valence electrons. The van der Waals surface area contributed by atoms with Crippen LogP contribution in [0.4, 0.5) is 0 Å². The molecule has 4 heteroatoms. The molecule has 0 aliphatic carbocycles. The lowest BCUT2D eigenvalue weighted by Gasteiger charge is -2.01. The summed E-state index contributed by atoms with van der Waals surface area (Å²) in [6, 6.07) is 14.0. The predicted octanol–water partition coefficient (Wildman–Crippen LogP) is 3.70. The van der Waals surface area contributed by atoms with E-state index in [0.717, 1.165) is 21.4 Å². The SMILES string of the molecule is Brc1cccnc1-n1cc(-c2ccccc2)cn1. The van der Waals surface area contributed by atoms with Gasteiger partial charge in [-0.3, -0.25) is 0 Å². The van der Waals surface area contributed by atoms with Gasteiger partial charge in [0.1, 0.15) is 0 Å². The second-order valence-corrected chi connectivity index (χ2v) is 4.70. The van der Waals surface area contributed by atoms with E-state index in [1.807, 2.05) is 42.7 Å². The molecule has 3 aromatic rings. The zero-order valence-corrected chi connectivity index (χ0v) is 11.1. The third-order valence-corrected chi connectivity index (χ3v) is 3.26. The minimum absolute atomic E-state index is 0.791. The Kier molecular flexibility index (Phi) is 2.94. The Balaban J connectivity index is 2.03. The summed E-state index contributed by atoms with van der Waals surface area (Å²) in [5.41, 5.74) is 2.23. The molecule has 2 aromatic heterocycles. The van der Waals surface area contributed by atoms with Gasteiger partial charge in [-0.05, 0) is 33.6 Å². The molecule has 0 amide bonds. The first-order valence-corrected chi connectivity index (χ1v) is 6.35. The van der Waals surface area contributed by atoms with Crippen LogP contribution in [-0.4, -0.2) is 14.8 Å². The Bertz CT molecular complexity index is 662. The van der Waals surface area contributed by atoms with E-state index in [1.165, 1.54) is 0 Å². The van der Waals surface area contributed by atoms with Crippen LogP contribution in [0.5, 0.6) is 0 Å². The number of nitrogens with zero attached hydrogens (tertiary/aromatic N) is 3. The number of rotatable bonds is 2. The molecule has 18 heavy (non-hydrogen) atoms. The van der Waals surface area contributed by atoms with Gasteiger partial charge in [0.15, 0.2) is 5.82 Å². The van der Waals surface area contributed by atoms with Crippen molar-refractivity contribution in [2.75, 3.05) is 0 Å². The molecule has 0 bridgehead atoms. The van der Waals surface area contributed by atoms with Crippen LogP contribution in [0, 0.1) is 0 Å². The molecule has 0 aliphatic heterocycles. The summed E-state index contributed by atoms with van der Waals surface area (Å²) in [6.45, 7) is 0. The quantitative estimate of drug-likeness (QED) is 0.722. The van der Waals surface area contributed by atoms with Gasteiger partial charge in [0.05, 0.1) is 10.7 Å². The van der Waals surface area contributed by atoms with Gasteiger partial charge in [-0.1, -0.05) is 30.3 Å². The number of halogens is 1. The zero-order chi connectivity index (χ0) is 12.4. The smallest absolute Gasteiger partial charge is 0.167 e. The molecular weight excluding hydrogens is 290 g/mol. The highest BCUT2D eigenvalue weighted by atomic mass is 79.9. The van der Waals surface area contributed by atoms with Gasteiger partial charge in [-0.15, -0.1) is 0 Å². The number of hydrogen-bond acceptors (Lipinski definition) is 2. The Morgan fingerprint density at radius 1 is 0.944 bits per heavy atom. The van der Waals surface area contributed by atoms with Gasteiger partial charge in [0.2, 0.25) is 0 Å². The highest BCUT2D eigenvalue weighted by Crippen LogP contribution is 2.22. The number of aromatic nitrogens is 3. The second-order valence-electron chi connectivity index (χ2n) is 3.85.